The second kappa shape index (κ2) is 9.68. The first-order valence-electron chi connectivity index (χ1n) is 6.31. The van der Waals surface area contributed by atoms with Gasteiger partial charge >= 0.3 is 0 Å². The Balaban J connectivity index is 0.00000256. The van der Waals surface area contributed by atoms with Gasteiger partial charge in [-0.05, 0) is 12.8 Å². The van der Waals surface area contributed by atoms with E-state index in [0.29, 0.717) is 6.04 Å². The van der Waals surface area contributed by atoms with Crippen LogP contribution >= 0.6 is 12.4 Å². The molecule has 5 heteroatoms. The Labute approximate surface area is 110 Å². The lowest BCUT2D eigenvalue weighted by molar-refractivity contribution is -0.131. The molecule has 0 aliphatic heterocycles. The van der Waals surface area contributed by atoms with Gasteiger partial charge in [0.25, 0.3) is 5.91 Å². The Kier molecular flexibility index (Phi) is 9.50. The highest BCUT2D eigenvalue weighted by molar-refractivity contribution is 5.85. The summed E-state index contributed by atoms with van der Waals surface area (Å²) in [7, 11) is 1.52. The normalized spacial score (nSPS) is 19.6. The van der Waals surface area contributed by atoms with Crippen molar-refractivity contribution in [3.8, 4) is 0 Å². The number of halogens is 1. The van der Waals surface area contributed by atoms with Crippen LogP contribution in [0.5, 0.6) is 0 Å². The molecule has 1 unspecified atom stereocenters. The van der Waals surface area contributed by atoms with Gasteiger partial charge in [0.15, 0.2) is 0 Å². The first-order chi connectivity index (χ1) is 7.77. The van der Waals surface area contributed by atoms with E-state index < -0.39 is 6.10 Å². The molecule has 0 radical (unpaired) electrons. The van der Waals surface area contributed by atoms with E-state index in [1.165, 1.54) is 39.2 Å². The van der Waals surface area contributed by atoms with Crippen LogP contribution in [0, 0.1) is 0 Å². The number of ether oxygens (including phenoxy) is 1. The van der Waals surface area contributed by atoms with Crippen molar-refractivity contribution in [1.82, 2.24) is 5.32 Å². The predicted molar refractivity (Wildman–Crippen MR) is 71.3 cm³/mol. The molecule has 0 spiro atoms. The van der Waals surface area contributed by atoms with Gasteiger partial charge < -0.3 is 15.8 Å². The van der Waals surface area contributed by atoms with Crippen molar-refractivity contribution in [2.75, 3.05) is 13.7 Å². The van der Waals surface area contributed by atoms with Gasteiger partial charge in [0.05, 0.1) is 0 Å². The molecule has 1 atom stereocenters. The molecule has 1 rings (SSSR count). The molecule has 1 fully saturated rings. The summed E-state index contributed by atoms with van der Waals surface area (Å²) in [5, 5.41) is 3.04. The van der Waals surface area contributed by atoms with Gasteiger partial charge in [0, 0.05) is 19.7 Å². The number of carbonyl (C=O) groups is 1. The third-order valence-corrected chi connectivity index (χ3v) is 3.24. The quantitative estimate of drug-likeness (QED) is 0.811. The van der Waals surface area contributed by atoms with Crippen molar-refractivity contribution in [2.24, 2.45) is 5.73 Å². The Hall–Kier alpha value is -0.320. The van der Waals surface area contributed by atoms with Crippen molar-refractivity contribution >= 4 is 18.3 Å². The summed E-state index contributed by atoms with van der Waals surface area (Å²) in [4.78, 5) is 11.8. The van der Waals surface area contributed by atoms with Crippen LogP contribution in [0.1, 0.15) is 44.9 Å². The van der Waals surface area contributed by atoms with Crippen LogP contribution < -0.4 is 11.1 Å². The highest BCUT2D eigenvalue weighted by Crippen LogP contribution is 2.17. The molecule has 1 aliphatic rings. The fraction of sp³-hybridized carbons (Fsp3) is 0.917. The summed E-state index contributed by atoms with van der Waals surface area (Å²) in [6, 6.07) is 0.317. The van der Waals surface area contributed by atoms with E-state index in [4.69, 9.17) is 10.5 Å². The zero-order valence-corrected chi connectivity index (χ0v) is 11.4. The predicted octanol–water partition coefficient (Wildman–Crippen LogP) is 1.61. The van der Waals surface area contributed by atoms with Crippen LogP contribution in [0.15, 0.2) is 0 Å². The third-order valence-electron chi connectivity index (χ3n) is 3.24. The van der Waals surface area contributed by atoms with Crippen molar-refractivity contribution in [2.45, 2.75) is 57.1 Å². The Morgan fingerprint density at radius 2 is 1.82 bits per heavy atom. The third kappa shape index (κ3) is 6.24. The van der Waals surface area contributed by atoms with Crippen LogP contribution in [0.4, 0.5) is 0 Å². The number of carbonyl (C=O) groups excluding carboxylic acids is 1. The maximum Gasteiger partial charge on any atom is 0.250 e. The zero-order chi connectivity index (χ0) is 11.8. The Morgan fingerprint density at radius 3 is 2.29 bits per heavy atom. The monoisotopic (exact) mass is 264 g/mol. The van der Waals surface area contributed by atoms with Crippen molar-refractivity contribution < 1.29 is 9.53 Å². The average Bonchev–Trinajstić information content (AvgIpc) is 2.23. The second-order valence-electron chi connectivity index (χ2n) is 4.51. The van der Waals surface area contributed by atoms with E-state index in [-0.39, 0.29) is 24.9 Å². The lowest BCUT2D eigenvalue weighted by atomic mass is 9.96. The topological polar surface area (TPSA) is 64.3 Å². The van der Waals surface area contributed by atoms with Gasteiger partial charge in [-0.2, -0.15) is 0 Å². The van der Waals surface area contributed by atoms with E-state index in [1.807, 2.05) is 0 Å². The smallest absolute Gasteiger partial charge is 0.250 e. The molecule has 0 heterocycles. The standard InChI is InChI=1S/C12H24N2O2.ClH/c1-16-11(9-13)12(15)14-10-7-5-3-2-4-6-8-10;/h10-11H,2-9,13H2,1H3,(H,14,15);1H. The lowest BCUT2D eigenvalue weighted by Crippen LogP contribution is -2.45. The number of amides is 1. The summed E-state index contributed by atoms with van der Waals surface area (Å²) >= 11 is 0. The van der Waals surface area contributed by atoms with Gasteiger partial charge in [-0.25, -0.2) is 0 Å². The van der Waals surface area contributed by atoms with E-state index in [9.17, 15) is 4.79 Å². The minimum atomic E-state index is -0.495. The Bertz CT molecular complexity index is 203. The molecule has 0 aromatic carbocycles. The molecule has 1 saturated carbocycles. The van der Waals surface area contributed by atoms with Crippen LogP contribution in [-0.4, -0.2) is 31.7 Å². The van der Waals surface area contributed by atoms with E-state index in [2.05, 4.69) is 5.32 Å². The molecule has 3 N–H and O–H groups in total. The van der Waals surface area contributed by atoms with Crippen molar-refractivity contribution in [3.05, 3.63) is 0 Å². The van der Waals surface area contributed by atoms with Gasteiger partial charge in [-0.3, -0.25) is 4.79 Å². The van der Waals surface area contributed by atoms with E-state index in [1.54, 1.807) is 0 Å². The largest absolute Gasteiger partial charge is 0.370 e. The summed E-state index contributed by atoms with van der Waals surface area (Å²) in [5.41, 5.74) is 5.46. The van der Waals surface area contributed by atoms with Crippen LogP contribution in [0.3, 0.4) is 0 Å². The summed E-state index contributed by atoms with van der Waals surface area (Å²) in [6.07, 6.45) is 8.03. The highest BCUT2D eigenvalue weighted by atomic mass is 35.5. The number of rotatable bonds is 4. The highest BCUT2D eigenvalue weighted by Gasteiger charge is 2.20. The van der Waals surface area contributed by atoms with Crippen LogP contribution in [-0.2, 0) is 9.53 Å². The average molecular weight is 265 g/mol. The second-order valence-corrected chi connectivity index (χ2v) is 4.51. The minimum absolute atomic E-state index is 0. The number of hydrogen-bond donors (Lipinski definition) is 2. The van der Waals surface area contributed by atoms with Gasteiger partial charge in [-0.15, -0.1) is 12.4 Å². The number of hydrogen-bond acceptors (Lipinski definition) is 3. The first kappa shape index (κ1) is 16.7. The molecule has 0 aromatic heterocycles. The molecule has 1 aliphatic carbocycles. The zero-order valence-electron chi connectivity index (χ0n) is 10.6. The molecule has 0 aromatic rings. The Morgan fingerprint density at radius 1 is 1.29 bits per heavy atom. The molecule has 4 nitrogen and oxygen atoms in total. The summed E-state index contributed by atoms with van der Waals surface area (Å²) in [5.74, 6) is -0.0597. The van der Waals surface area contributed by atoms with Crippen LogP contribution in [0.2, 0.25) is 0 Å². The molecular formula is C12H25ClN2O2. The maximum atomic E-state index is 11.8. The van der Waals surface area contributed by atoms with Crippen molar-refractivity contribution in [3.63, 3.8) is 0 Å². The summed E-state index contributed by atoms with van der Waals surface area (Å²) in [6.45, 7) is 0.245. The van der Waals surface area contributed by atoms with Crippen molar-refractivity contribution in [1.29, 1.82) is 0 Å². The fourth-order valence-electron chi connectivity index (χ4n) is 2.20. The molecular weight excluding hydrogens is 240 g/mol. The van der Waals surface area contributed by atoms with Crippen LogP contribution in [0.25, 0.3) is 0 Å². The fourth-order valence-corrected chi connectivity index (χ4v) is 2.20. The molecule has 0 bridgehead atoms. The van der Waals surface area contributed by atoms with Gasteiger partial charge in [0.1, 0.15) is 6.10 Å². The SMILES string of the molecule is COC(CN)C(=O)NC1CCCCCCC1.Cl. The van der Waals surface area contributed by atoms with E-state index in [0.717, 1.165) is 12.8 Å². The summed E-state index contributed by atoms with van der Waals surface area (Å²) < 4.78 is 5.02. The minimum Gasteiger partial charge on any atom is -0.370 e. The molecule has 1 amide bonds. The number of methoxy groups -OCH3 is 1. The van der Waals surface area contributed by atoms with E-state index >= 15 is 0 Å². The van der Waals surface area contributed by atoms with Gasteiger partial charge in [0.2, 0.25) is 0 Å². The number of nitrogens with two attached hydrogens (primary N) is 1. The van der Waals surface area contributed by atoms with Gasteiger partial charge in [-0.1, -0.05) is 32.1 Å². The first-order valence-corrected chi connectivity index (χ1v) is 6.31. The number of nitrogens with one attached hydrogen (secondary N) is 1. The molecule has 102 valence electrons. The molecule has 0 saturated heterocycles. The maximum absolute atomic E-state index is 11.8. The lowest BCUT2D eigenvalue weighted by Gasteiger charge is -2.23. The molecule has 17 heavy (non-hydrogen) atoms.